The highest BCUT2D eigenvalue weighted by atomic mass is 32.2. The molecule has 0 heterocycles. The molecule has 1 N–H and O–H groups in total. The van der Waals surface area contributed by atoms with E-state index in [4.69, 9.17) is 4.74 Å². The van der Waals surface area contributed by atoms with E-state index in [1.54, 1.807) is 0 Å². The molecule has 0 amide bonds. The van der Waals surface area contributed by atoms with Crippen LogP contribution in [0.25, 0.3) is 0 Å². The Balaban J connectivity index is 2.36. The summed E-state index contributed by atoms with van der Waals surface area (Å²) in [6.07, 6.45) is 4.88. The zero-order valence-corrected chi connectivity index (χ0v) is 10.3. The molecular weight excluding hydrogens is 214 g/mol. The van der Waals surface area contributed by atoms with Gasteiger partial charge in [0.2, 0.25) is 0 Å². The van der Waals surface area contributed by atoms with Crippen molar-refractivity contribution < 1.29 is 13.2 Å². The molecular formula is C10H21NO3S. The van der Waals surface area contributed by atoms with E-state index in [1.807, 2.05) is 7.05 Å². The largest absolute Gasteiger partial charge is 0.377 e. The molecule has 2 atom stereocenters. The van der Waals surface area contributed by atoms with Gasteiger partial charge >= 0.3 is 0 Å². The highest BCUT2D eigenvalue weighted by Crippen LogP contribution is 2.25. The zero-order valence-electron chi connectivity index (χ0n) is 9.53. The van der Waals surface area contributed by atoms with Crippen LogP contribution in [0.2, 0.25) is 0 Å². The summed E-state index contributed by atoms with van der Waals surface area (Å²) in [5, 5.41) is 2.82. The second-order valence-corrected chi connectivity index (χ2v) is 6.54. The van der Waals surface area contributed by atoms with Gasteiger partial charge in [0.15, 0.2) is 0 Å². The van der Waals surface area contributed by atoms with E-state index in [2.05, 4.69) is 5.32 Å². The van der Waals surface area contributed by atoms with E-state index in [1.165, 1.54) is 6.26 Å². The third kappa shape index (κ3) is 4.49. The molecule has 0 spiro atoms. The summed E-state index contributed by atoms with van der Waals surface area (Å²) in [4.78, 5) is 0. The summed E-state index contributed by atoms with van der Waals surface area (Å²) in [5.41, 5.74) is 0. The summed E-state index contributed by atoms with van der Waals surface area (Å²) < 4.78 is 28.4. The first-order valence-corrected chi connectivity index (χ1v) is 7.44. The maximum atomic E-state index is 11.4. The van der Waals surface area contributed by atoms with Gasteiger partial charge in [-0.05, 0) is 32.7 Å². The van der Waals surface area contributed by atoms with E-state index < -0.39 is 9.84 Å². The van der Waals surface area contributed by atoms with E-state index in [9.17, 15) is 8.42 Å². The smallest absolute Gasteiger partial charge is 0.150 e. The monoisotopic (exact) mass is 235 g/mol. The number of ether oxygens (including phenoxy) is 1. The van der Waals surface area contributed by atoms with Crippen molar-refractivity contribution in [2.45, 2.75) is 37.0 Å². The van der Waals surface area contributed by atoms with Crippen LogP contribution in [0.4, 0.5) is 0 Å². The minimum atomic E-state index is -2.89. The van der Waals surface area contributed by atoms with Crippen molar-refractivity contribution in [1.29, 1.82) is 0 Å². The molecule has 5 heteroatoms. The van der Waals surface area contributed by atoms with Crippen molar-refractivity contribution in [2.24, 2.45) is 0 Å². The van der Waals surface area contributed by atoms with Crippen molar-refractivity contribution in [2.75, 3.05) is 26.5 Å². The first-order valence-electron chi connectivity index (χ1n) is 5.49. The Labute approximate surface area is 92.3 Å². The lowest BCUT2D eigenvalue weighted by atomic mass is 9.97. The third-order valence-electron chi connectivity index (χ3n) is 2.89. The number of hydrogen-bond donors (Lipinski definition) is 1. The molecule has 1 aliphatic carbocycles. The minimum Gasteiger partial charge on any atom is -0.377 e. The molecule has 1 fully saturated rings. The van der Waals surface area contributed by atoms with Crippen LogP contribution >= 0.6 is 0 Å². The summed E-state index contributed by atoms with van der Waals surface area (Å²) >= 11 is 0. The van der Waals surface area contributed by atoms with Gasteiger partial charge in [0, 0.05) is 12.8 Å². The van der Waals surface area contributed by atoms with Gasteiger partial charge in [0.1, 0.15) is 9.84 Å². The fraction of sp³-hybridized carbons (Fsp3) is 1.00. The summed E-state index contributed by atoms with van der Waals surface area (Å²) in [5.74, 6) is 0. The number of hydrogen-bond acceptors (Lipinski definition) is 4. The zero-order chi connectivity index (χ0) is 11.3. The molecule has 0 saturated heterocycles. The Morgan fingerprint density at radius 1 is 1.40 bits per heavy atom. The van der Waals surface area contributed by atoms with E-state index >= 15 is 0 Å². The Kier molecular flexibility index (Phi) is 5.02. The van der Waals surface area contributed by atoms with Crippen LogP contribution in [-0.2, 0) is 14.6 Å². The minimum absolute atomic E-state index is 0.131. The fourth-order valence-electron chi connectivity index (χ4n) is 1.97. The summed E-state index contributed by atoms with van der Waals surface area (Å²) in [6, 6.07) is 0. The van der Waals surface area contributed by atoms with Gasteiger partial charge < -0.3 is 10.1 Å². The van der Waals surface area contributed by atoms with E-state index in [-0.39, 0.29) is 11.4 Å². The second-order valence-electron chi connectivity index (χ2n) is 4.21. The van der Waals surface area contributed by atoms with E-state index in [0.717, 1.165) is 25.8 Å². The molecule has 0 aromatic rings. The van der Waals surface area contributed by atoms with Crippen LogP contribution in [0, 0.1) is 0 Å². The topological polar surface area (TPSA) is 55.4 Å². The van der Waals surface area contributed by atoms with Gasteiger partial charge in [-0.3, -0.25) is 0 Å². The Morgan fingerprint density at radius 3 is 2.73 bits per heavy atom. The predicted octanol–water partition coefficient (Wildman–Crippen LogP) is 0.578. The molecule has 1 rings (SSSR count). The van der Waals surface area contributed by atoms with Crippen LogP contribution < -0.4 is 5.32 Å². The van der Waals surface area contributed by atoms with Gasteiger partial charge in [-0.15, -0.1) is 0 Å². The Morgan fingerprint density at radius 2 is 2.13 bits per heavy atom. The van der Waals surface area contributed by atoms with Crippen molar-refractivity contribution in [3.63, 3.8) is 0 Å². The molecule has 2 unspecified atom stereocenters. The highest BCUT2D eigenvalue weighted by molar-refractivity contribution is 7.91. The first-order chi connectivity index (χ1) is 7.04. The molecule has 1 aliphatic rings. The van der Waals surface area contributed by atoms with Crippen molar-refractivity contribution in [1.82, 2.24) is 5.32 Å². The number of nitrogens with one attached hydrogen (secondary N) is 1. The molecule has 4 nitrogen and oxygen atoms in total. The van der Waals surface area contributed by atoms with Gasteiger partial charge in [0.25, 0.3) is 0 Å². The highest BCUT2D eigenvalue weighted by Gasteiger charge is 2.28. The SMILES string of the molecule is CNCCOC1CCCC(S(C)(=O)=O)C1. The van der Waals surface area contributed by atoms with Crippen LogP contribution in [0.15, 0.2) is 0 Å². The summed E-state index contributed by atoms with van der Waals surface area (Å²) in [7, 11) is -1.01. The number of rotatable bonds is 5. The third-order valence-corrected chi connectivity index (χ3v) is 4.53. The second kappa shape index (κ2) is 5.82. The van der Waals surface area contributed by atoms with Crippen LogP contribution in [-0.4, -0.2) is 46.2 Å². The molecule has 0 aromatic carbocycles. The number of likely N-dealkylation sites (N-methyl/N-ethyl adjacent to an activating group) is 1. The number of sulfone groups is 1. The predicted molar refractivity (Wildman–Crippen MR) is 60.8 cm³/mol. The molecule has 90 valence electrons. The van der Waals surface area contributed by atoms with Gasteiger partial charge in [-0.25, -0.2) is 8.42 Å². The Bertz CT molecular complexity index is 276. The van der Waals surface area contributed by atoms with Crippen LogP contribution in [0.1, 0.15) is 25.7 Å². The van der Waals surface area contributed by atoms with Gasteiger partial charge in [-0.1, -0.05) is 0 Å². The molecule has 0 aliphatic heterocycles. The Hall–Kier alpha value is -0.130. The molecule has 1 saturated carbocycles. The molecule has 0 bridgehead atoms. The quantitative estimate of drug-likeness (QED) is 0.708. The maximum absolute atomic E-state index is 11.4. The lowest BCUT2D eigenvalue weighted by Crippen LogP contribution is -2.32. The average Bonchev–Trinajstić information content (AvgIpc) is 2.17. The molecule has 0 aromatic heterocycles. The first kappa shape index (κ1) is 12.9. The summed E-state index contributed by atoms with van der Waals surface area (Å²) in [6.45, 7) is 1.48. The van der Waals surface area contributed by atoms with Crippen molar-refractivity contribution in [3.05, 3.63) is 0 Å². The maximum Gasteiger partial charge on any atom is 0.150 e. The fourth-order valence-corrected chi connectivity index (χ4v) is 3.13. The molecule has 0 radical (unpaired) electrons. The van der Waals surface area contributed by atoms with E-state index in [0.29, 0.717) is 13.0 Å². The standard InChI is InChI=1S/C10H21NO3S/c1-11-6-7-14-9-4-3-5-10(8-9)15(2,12)13/h9-11H,3-8H2,1-2H3. The van der Waals surface area contributed by atoms with Crippen LogP contribution in [0.5, 0.6) is 0 Å². The lowest BCUT2D eigenvalue weighted by molar-refractivity contribution is 0.0319. The van der Waals surface area contributed by atoms with Crippen LogP contribution in [0.3, 0.4) is 0 Å². The average molecular weight is 235 g/mol. The normalized spacial score (nSPS) is 27.9. The van der Waals surface area contributed by atoms with Crippen molar-refractivity contribution in [3.8, 4) is 0 Å². The van der Waals surface area contributed by atoms with Crippen molar-refractivity contribution >= 4 is 9.84 Å². The molecule has 15 heavy (non-hydrogen) atoms. The van der Waals surface area contributed by atoms with Gasteiger partial charge in [-0.2, -0.15) is 0 Å². The van der Waals surface area contributed by atoms with Gasteiger partial charge in [0.05, 0.1) is 18.0 Å². The lowest BCUT2D eigenvalue weighted by Gasteiger charge is -2.28.